The van der Waals surface area contributed by atoms with Gasteiger partial charge in [-0.1, -0.05) is 12.1 Å². The Morgan fingerprint density at radius 2 is 1.90 bits per heavy atom. The van der Waals surface area contributed by atoms with E-state index in [1.807, 2.05) is 0 Å². The van der Waals surface area contributed by atoms with Crippen LogP contribution in [0.2, 0.25) is 0 Å². The predicted molar refractivity (Wildman–Crippen MR) is 76.2 cm³/mol. The molecule has 2 rings (SSSR count). The summed E-state index contributed by atoms with van der Waals surface area (Å²) in [6.07, 6.45) is 3.45. The molecule has 0 amide bonds. The molecule has 1 heterocycles. The number of sulfonamides is 1. The topological polar surface area (TPSA) is 81.2 Å². The fourth-order valence-corrected chi connectivity index (χ4v) is 3.03. The van der Waals surface area contributed by atoms with Gasteiger partial charge in [0.2, 0.25) is 10.0 Å². The quantitative estimate of drug-likeness (QED) is 0.880. The third-order valence-corrected chi connectivity index (χ3v) is 4.85. The molecule has 0 radical (unpaired) electrons. The lowest BCUT2D eigenvalue weighted by atomic mass is 10.2. The molecule has 2 N–H and O–H groups in total. The molecule has 7 heteroatoms. The van der Waals surface area contributed by atoms with Gasteiger partial charge in [0.05, 0.1) is 11.1 Å². The highest BCUT2D eigenvalue weighted by atomic mass is 32.2. The molecule has 108 valence electrons. The average molecular weight is 294 g/mol. The van der Waals surface area contributed by atoms with Gasteiger partial charge in [-0.05, 0) is 17.7 Å². The minimum atomic E-state index is -3.50. The fourth-order valence-electron chi connectivity index (χ4n) is 1.87. The molecule has 1 aromatic carbocycles. The third-order valence-electron chi connectivity index (χ3n) is 3.03. The molecule has 0 fully saturated rings. The summed E-state index contributed by atoms with van der Waals surface area (Å²) in [4.78, 5) is 0.265. The highest BCUT2D eigenvalue weighted by Crippen LogP contribution is 2.17. The molecule has 2 aromatic rings. The molecule has 6 nitrogen and oxygen atoms in total. The summed E-state index contributed by atoms with van der Waals surface area (Å²) >= 11 is 0. The van der Waals surface area contributed by atoms with Crippen molar-refractivity contribution in [3.63, 3.8) is 0 Å². The normalized spacial score (nSPS) is 12.0. The second-order valence-corrected chi connectivity index (χ2v) is 6.68. The first-order chi connectivity index (χ1) is 9.43. The van der Waals surface area contributed by atoms with Crippen molar-refractivity contribution >= 4 is 10.0 Å². The summed E-state index contributed by atoms with van der Waals surface area (Å²) in [5.74, 6) is 0. The maximum Gasteiger partial charge on any atom is 0.243 e. The van der Waals surface area contributed by atoms with E-state index in [4.69, 9.17) is 5.73 Å². The van der Waals surface area contributed by atoms with Crippen LogP contribution in [0.3, 0.4) is 0 Å². The van der Waals surface area contributed by atoms with Gasteiger partial charge in [-0.2, -0.15) is 9.40 Å². The summed E-state index contributed by atoms with van der Waals surface area (Å²) in [7, 11) is -0.147. The number of nitrogens with zero attached hydrogens (tertiary/aromatic N) is 3. The standard InChI is InChI=1S/C13H18N4O2S/c1-16-9-12(8-15-16)10-17(2)20(18,19)13-5-3-11(7-14)4-6-13/h3-6,8-9H,7,10,14H2,1-2H3. The van der Waals surface area contributed by atoms with Gasteiger partial charge in [0.15, 0.2) is 0 Å². The number of nitrogens with two attached hydrogens (primary N) is 1. The maximum absolute atomic E-state index is 12.4. The second kappa shape index (κ2) is 5.74. The molecule has 0 saturated carbocycles. The van der Waals surface area contributed by atoms with Gasteiger partial charge in [-0.25, -0.2) is 8.42 Å². The predicted octanol–water partition coefficient (Wildman–Crippen LogP) is 0.699. The first kappa shape index (κ1) is 14.7. The van der Waals surface area contributed by atoms with E-state index in [0.717, 1.165) is 11.1 Å². The van der Waals surface area contributed by atoms with Gasteiger partial charge in [0, 0.05) is 38.9 Å². The van der Waals surface area contributed by atoms with Crippen molar-refractivity contribution in [2.24, 2.45) is 12.8 Å². The molecule has 0 unspecified atom stereocenters. The molecular formula is C13H18N4O2S. The minimum Gasteiger partial charge on any atom is -0.326 e. The van der Waals surface area contributed by atoms with Crippen LogP contribution in [0.4, 0.5) is 0 Å². The highest BCUT2D eigenvalue weighted by Gasteiger charge is 2.21. The molecular weight excluding hydrogens is 276 g/mol. The van der Waals surface area contributed by atoms with Crippen LogP contribution in [0.5, 0.6) is 0 Å². The molecule has 0 bridgehead atoms. The van der Waals surface area contributed by atoms with Crippen LogP contribution in [0.15, 0.2) is 41.6 Å². The number of hydrogen-bond acceptors (Lipinski definition) is 4. The monoisotopic (exact) mass is 294 g/mol. The van der Waals surface area contributed by atoms with E-state index < -0.39 is 10.0 Å². The molecule has 0 spiro atoms. The summed E-state index contributed by atoms with van der Waals surface area (Å²) in [6.45, 7) is 0.681. The van der Waals surface area contributed by atoms with Crippen LogP contribution < -0.4 is 5.73 Å². The van der Waals surface area contributed by atoms with Gasteiger partial charge >= 0.3 is 0 Å². The van der Waals surface area contributed by atoms with E-state index in [1.165, 1.54) is 4.31 Å². The van der Waals surface area contributed by atoms with Crippen molar-refractivity contribution in [1.29, 1.82) is 0 Å². The van der Waals surface area contributed by atoms with Crippen LogP contribution in [-0.2, 0) is 30.2 Å². The summed E-state index contributed by atoms with van der Waals surface area (Å²) in [6, 6.07) is 6.62. The zero-order chi connectivity index (χ0) is 14.8. The SMILES string of the molecule is CN(Cc1cnn(C)c1)S(=O)(=O)c1ccc(CN)cc1. The first-order valence-corrected chi connectivity index (χ1v) is 7.60. The average Bonchev–Trinajstić information content (AvgIpc) is 2.84. The molecule has 0 aliphatic rings. The smallest absolute Gasteiger partial charge is 0.243 e. The number of aryl methyl sites for hydroxylation is 1. The van der Waals surface area contributed by atoms with Crippen LogP contribution in [0, 0.1) is 0 Å². The van der Waals surface area contributed by atoms with Crippen LogP contribution >= 0.6 is 0 Å². The van der Waals surface area contributed by atoms with E-state index >= 15 is 0 Å². The minimum absolute atomic E-state index is 0.265. The zero-order valence-electron chi connectivity index (χ0n) is 11.5. The lowest BCUT2D eigenvalue weighted by Crippen LogP contribution is -2.26. The lowest BCUT2D eigenvalue weighted by molar-refractivity contribution is 0.466. The Morgan fingerprint density at radius 3 is 2.40 bits per heavy atom. The van der Waals surface area contributed by atoms with Gasteiger partial charge in [-0.3, -0.25) is 4.68 Å². The fraction of sp³-hybridized carbons (Fsp3) is 0.308. The van der Waals surface area contributed by atoms with Gasteiger partial charge in [0.1, 0.15) is 0 Å². The zero-order valence-corrected chi connectivity index (χ0v) is 12.3. The first-order valence-electron chi connectivity index (χ1n) is 6.16. The highest BCUT2D eigenvalue weighted by molar-refractivity contribution is 7.89. The number of aromatic nitrogens is 2. The Morgan fingerprint density at radius 1 is 1.25 bits per heavy atom. The second-order valence-electron chi connectivity index (χ2n) is 4.63. The number of rotatable bonds is 5. The molecule has 0 aliphatic heterocycles. The van der Waals surface area contributed by atoms with Crippen molar-refractivity contribution in [2.45, 2.75) is 18.0 Å². The largest absolute Gasteiger partial charge is 0.326 e. The number of benzene rings is 1. The van der Waals surface area contributed by atoms with E-state index in [-0.39, 0.29) is 11.4 Å². The van der Waals surface area contributed by atoms with E-state index in [1.54, 1.807) is 55.4 Å². The van der Waals surface area contributed by atoms with Crippen LogP contribution in [0.25, 0.3) is 0 Å². The summed E-state index contributed by atoms with van der Waals surface area (Å²) in [5, 5.41) is 4.03. The van der Waals surface area contributed by atoms with E-state index in [2.05, 4.69) is 5.10 Å². The van der Waals surface area contributed by atoms with Gasteiger partial charge < -0.3 is 5.73 Å². The van der Waals surface area contributed by atoms with Crippen molar-refractivity contribution in [1.82, 2.24) is 14.1 Å². The number of hydrogen-bond donors (Lipinski definition) is 1. The molecule has 1 aromatic heterocycles. The summed E-state index contributed by atoms with van der Waals surface area (Å²) in [5.41, 5.74) is 7.25. The lowest BCUT2D eigenvalue weighted by Gasteiger charge is -2.16. The van der Waals surface area contributed by atoms with E-state index in [9.17, 15) is 8.42 Å². The molecule has 0 atom stereocenters. The van der Waals surface area contributed by atoms with Crippen LogP contribution in [0.1, 0.15) is 11.1 Å². The Bertz CT molecular complexity index is 677. The Labute approximate surface area is 118 Å². The molecule has 20 heavy (non-hydrogen) atoms. The molecule has 0 aliphatic carbocycles. The van der Waals surface area contributed by atoms with Gasteiger partial charge in [0.25, 0.3) is 0 Å². The third kappa shape index (κ3) is 3.06. The Kier molecular flexibility index (Phi) is 4.22. The van der Waals surface area contributed by atoms with Crippen molar-refractivity contribution in [3.8, 4) is 0 Å². The summed E-state index contributed by atoms with van der Waals surface area (Å²) < 4.78 is 27.8. The van der Waals surface area contributed by atoms with Crippen molar-refractivity contribution in [2.75, 3.05) is 7.05 Å². The van der Waals surface area contributed by atoms with Crippen LogP contribution in [-0.4, -0.2) is 29.6 Å². The molecule has 0 saturated heterocycles. The maximum atomic E-state index is 12.4. The van der Waals surface area contributed by atoms with Crippen molar-refractivity contribution < 1.29 is 8.42 Å². The van der Waals surface area contributed by atoms with Gasteiger partial charge in [-0.15, -0.1) is 0 Å². The van der Waals surface area contributed by atoms with Crippen molar-refractivity contribution in [3.05, 3.63) is 47.8 Å². The Balaban J connectivity index is 2.19. The Hall–Kier alpha value is -1.70. The van der Waals surface area contributed by atoms with E-state index in [0.29, 0.717) is 6.54 Å².